The van der Waals surface area contributed by atoms with Crippen LogP contribution in [0.15, 0.2) is 39.5 Å². The molecule has 0 fully saturated rings. The third-order valence-corrected chi connectivity index (χ3v) is 3.79. The lowest BCUT2D eigenvalue weighted by Crippen LogP contribution is -2.10. The Balaban J connectivity index is 2.05. The monoisotopic (exact) mass is 335 g/mol. The Morgan fingerprint density at radius 2 is 2.11 bits per heavy atom. The number of halogens is 1. The molecule has 1 heterocycles. The molecule has 19 heavy (non-hydrogen) atoms. The van der Waals surface area contributed by atoms with Crippen molar-refractivity contribution >= 4 is 38.9 Å². The van der Waals surface area contributed by atoms with Crippen molar-refractivity contribution in [1.29, 1.82) is 0 Å². The molecule has 2 N–H and O–H groups in total. The molecule has 0 aliphatic heterocycles. The van der Waals surface area contributed by atoms with Crippen LogP contribution < -0.4 is 5.32 Å². The number of thiophene rings is 1. The average molecular weight is 336 g/mol. The molecule has 1 aromatic carbocycles. The maximum atomic E-state index is 11.9. The summed E-state index contributed by atoms with van der Waals surface area (Å²) < 4.78 is 0.923. The number of carbonyl (C=O) groups is 1. The third kappa shape index (κ3) is 3.93. The molecule has 5 heteroatoms. The Kier molecular flexibility index (Phi) is 4.74. The van der Waals surface area contributed by atoms with E-state index >= 15 is 0 Å². The minimum Gasteiger partial charge on any atom is -0.384 e. The van der Waals surface area contributed by atoms with Gasteiger partial charge in [0.15, 0.2) is 0 Å². The number of carbonyl (C=O) groups excluding carboxylic acids is 1. The predicted octanol–water partition coefficient (Wildman–Crippen LogP) is 3.11. The van der Waals surface area contributed by atoms with Crippen molar-refractivity contribution < 1.29 is 9.90 Å². The van der Waals surface area contributed by atoms with Crippen LogP contribution in [0.1, 0.15) is 15.9 Å². The number of benzene rings is 1. The van der Waals surface area contributed by atoms with Gasteiger partial charge in [-0.25, -0.2) is 0 Å². The molecule has 1 amide bonds. The van der Waals surface area contributed by atoms with Crippen LogP contribution in [0, 0.1) is 11.8 Å². The quantitative estimate of drug-likeness (QED) is 0.828. The molecule has 0 bridgehead atoms. The molecule has 0 unspecified atom stereocenters. The van der Waals surface area contributed by atoms with Crippen molar-refractivity contribution in [2.75, 3.05) is 11.9 Å². The number of aliphatic hydroxyl groups excluding tert-OH is 1. The van der Waals surface area contributed by atoms with Crippen LogP contribution in [0.5, 0.6) is 0 Å². The minimum atomic E-state index is -0.161. The number of hydrogen-bond acceptors (Lipinski definition) is 3. The topological polar surface area (TPSA) is 49.3 Å². The van der Waals surface area contributed by atoms with E-state index in [0.29, 0.717) is 11.3 Å². The van der Waals surface area contributed by atoms with Crippen LogP contribution in [-0.4, -0.2) is 17.6 Å². The average Bonchev–Trinajstić information content (AvgIpc) is 2.85. The Morgan fingerprint density at radius 1 is 1.37 bits per heavy atom. The van der Waals surface area contributed by atoms with E-state index in [9.17, 15) is 4.79 Å². The van der Waals surface area contributed by atoms with Crippen molar-refractivity contribution in [3.63, 3.8) is 0 Å². The summed E-state index contributed by atoms with van der Waals surface area (Å²) in [6.07, 6.45) is 0. The Morgan fingerprint density at radius 3 is 2.68 bits per heavy atom. The van der Waals surface area contributed by atoms with Gasteiger partial charge in [-0.15, -0.1) is 11.3 Å². The van der Waals surface area contributed by atoms with Crippen LogP contribution in [0.4, 0.5) is 5.69 Å². The predicted molar refractivity (Wildman–Crippen MR) is 80.4 cm³/mol. The molecule has 2 rings (SSSR count). The second-order valence-corrected chi connectivity index (χ2v) is 5.92. The number of aliphatic hydroxyl groups is 1. The summed E-state index contributed by atoms with van der Waals surface area (Å²) in [4.78, 5) is 11.9. The maximum absolute atomic E-state index is 11.9. The zero-order chi connectivity index (χ0) is 13.7. The highest BCUT2D eigenvalue weighted by molar-refractivity contribution is 9.11. The van der Waals surface area contributed by atoms with Gasteiger partial charge >= 0.3 is 0 Å². The first-order valence-electron chi connectivity index (χ1n) is 5.44. The van der Waals surface area contributed by atoms with Gasteiger partial charge < -0.3 is 10.4 Å². The van der Waals surface area contributed by atoms with Crippen molar-refractivity contribution in [2.45, 2.75) is 0 Å². The number of anilines is 1. The van der Waals surface area contributed by atoms with Gasteiger partial charge in [0.2, 0.25) is 0 Å². The van der Waals surface area contributed by atoms with E-state index in [2.05, 4.69) is 33.1 Å². The highest BCUT2D eigenvalue weighted by Crippen LogP contribution is 2.21. The second-order valence-electron chi connectivity index (χ2n) is 3.63. The smallest absolute Gasteiger partial charge is 0.256 e. The molecule has 0 aliphatic rings. The first-order valence-corrected chi connectivity index (χ1v) is 7.11. The number of rotatable bonds is 2. The molecule has 0 atom stereocenters. The summed E-state index contributed by atoms with van der Waals surface area (Å²) in [6, 6.07) is 8.92. The van der Waals surface area contributed by atoms with Gasteiger partial charge in [0.25, 0.3) is 5.91 Å². The van der Waals surface area contributed by atoms with Crippen LogP contribution in [-0.2, 0) is 0 Å². The molecule has 96 valence electrons. The Bertz CT molecular complexity index is 637. The SMILES string of the molecule is O=C(Nc1ccc(C#CCO)cc1)c1csc(Br)c1. The van der Waals surface area contributed by atoms with Gasteiger partial charge in [0.1, 0.15) is 6.61 Å². The van der Waals surface area contributed by atoms with E-state index in [1.165, 1.54) is 11.3 Å². The molecule has 0 aliphatic carbocycles. The van der Waals surface area contributed by atoms with E-state index in [0.717, 1.165) is 9.35 Å². The number of hydrogen-bond donors (Lipinski definition) is 2. The van der Waals surface area contributed by atoms with Crippen LogP contribution in [0.25, 0.3) is 0 Å². The first kappa shape index (κ1) is 13.8. The molecule has 0 saturated carbocycles. The molecule has 0 spiro atoms. The van der Waals surface area contributed by atoms with E-state index in [-0.39, 0.29) is 12.5 Å². The second kappa shape index (κ2) is 6.53. The standard InChI is InChI=1S/C14H10BrNO2S/c15-13-8-11(9-19-13)14(18)16-12-5-3-10(4-6-12)2-1-7-17/h3-6,8-9,17H,7H2,(H,16,18). The lowest BCUT2D eigenvalue weighted by molar-refractivity contribution is 0.102. The fraction of sp³-hybridized carbons (Fsp3) is 0.0714. The fourth-order valence-electron chi connectivity index (χ4n) is 1.41. The Labute approximate surface area is 123 Å². The van der Waals surface area contributed by atoms with Crippen molar-refractivity contribution in [3.05, 3.63) is 50.6 Å². The molecule has 1 aromatic heterocycles. The van der Waals surface area contributed by atoms with Gasteiger partial charge in [0, 0.05) is 16.6 Å². The lowest BCUT2D eigenvalue weighted by Gasteiger charge is -2.03. The Hall–Kier alpha value is -1.61. The summed E-state index contributed by atoms with van der Waals surface area (Å²) in [6.45, 7) is -0.161. The summed E-state index contributed by atoms with van der Waals surface area (Å²) in [5.41, 5.74) is 2.13. The summed E-state index contributed by atoms with van der Waals surface area (Å²) in [5, 5.41) is 13.2. The minimum absolute atomic E-state index is 0.142. The molecular weight excluding hydrogens is 326 g/mol. The van der Waals surface area contributed by atoms with Gasteiger partial charge in [-0.2, -0.15) is 0 Å². The largest absolute Gasteiger partial charge is 0.384 e. The summed E-state index contributed by atoms with van der Waals surface area (Å²) in [5.74, 6) is 5.22. The van der Waals surface area contributed by atoms with Gasteiger partial charge in [-0.05, 0) is 46.3 Å². The zero-order valence-electron chi connectivity index (χ0n) is 9.81. The maximum Gasteiger partial charge on any atom is 0.256 e. The van der Waals surface area contributed by atoms with Gasteiger partial charge in [-0.1, -0.05) is 11.8 Å². The van der Waals surface area contributed by atoms with E-state index < -0.39 is 0 Å². The van der Waals surface area contributed by atoms with Crippen molar-refractivity contribution in [3.8, 4) is 11.8 Å². The van der Waals surface area contributed by atoms with E-state index in [1.807, 2.05) is 0 Å². The molecule has 0 radical (unpaired) electrons. The first-order chi connectivity index (χ1) is 9.19. The highest BCUT2D eigenvalue weighted by Gasteiger charge is 2.07. The molecule has 0 saturated heterocycles. The van der Waals surface area contributed by atoms with Crippen molar-refractivity contribution in [2.24, 2.45) is 0 Å². The molecule has 2 aromatic rings. The van der Waals surface area contributed by atoms with E-state index in [4.69, 9.17) is 5.11 Å². The summed E-state index contributed by atoms with van der Waals surface area (Å²) >= 11 is 4.79. The van der Waals surface area contributed by atoms with Crippen LogP contribution >= 0.6 is 27.3 Å². The third-order valence-electron chi connectivity index (χ3n) is 2.28. The number of nitrogens with one attached hydrogen (secondary N) is 1. The van der Waals surface area contributed by atoms with Crippen LogP contribution in [0.2, 0.25) is 0 Å². The normalized spacial score (nSPS) is 9.58. The van der Waals surface area contributed by atoms with Gasteiger partial charge in [-0.3, -0.25) is 4.79 Å². The lowest BCUT2D eigenvalue weighted by atomic mass is 10.2. The van der Waals surface area contributed by atoms with E-state index in [1.54, 1.807) is 35.7 Å². The fourth-order valence-corrected chi connectivity index (χ4v) is 2.55. The van der Waals surface area contributed by atoms with Gasteiger partial charge in [0.05, 0.1) is 9.35 Å². The summed E-state index contributed by atoms with van der Waals surface area (Å²) in [7, 11) is 0. The molecular formula is C14H10BrNO2S. The van der Waals surface area contributed by atoms with Crippen molar-refractivity contribution in [1.82, 2.24) is 0 Å². The number of amides is 1. The van der Waals surface area contributed by atoms with Crippen LogP contribution in [0.3, 0.4) is 0 Å². The zero-order valence-corrected chi connectivity index (χ0v) is 12.2. The highest BCUT2D eigenvalue weighted by atomic mass is 79.9. The molecule has 3 nitrogen and oxygen atoms in total.